The van der Waals surface area contributed by atoms with Crippen LogP contribution in [0.2, 0.25) is 0 Å². The summed E-state index contributed by atoms with van der Waals surface area (Å²) in [5.41, 5.74) is 3.73. The van der Waals surface area contributed by atoms with E-state index in [1.54, 1.807) is 21.3 Å². The predicted molar refractivity (Wildman–Crippen MR) is 90.6 cm³/mol. The Kier molecular flexibility index (Phi) is 3.82. The molecule has 1 saturated heterocycles. The van der Waals surface area contributed by atoms with Crippen LogP contribution in [0.1, 0.15) is 24.0 Å². The standard InChI is InChI=1S/C19H25NO4/c1-22-16-8-12-4-6-20-7-5-13-9-15(21)18(24-3)11-19(13,20)14(12)10-17(16)23-2/h8-10,15,18,21H,4-7,11H2,1-3H3. The molecular formula is C19H25NO4. The van der Waals surface area contributed by atoms with Crippen LogP contribution < -0.4 is 9.47 Å². The number of fused-ring (bicyclic) bond motifs is 1. The minimum atomic E-state index is -0.527. The quantitative estimate of drug-likeness (QED) is 0.857. The van der Waals surface area contributed by atoms with E-state index >= 15 is 0 Å². The van der Waals surface area contributed by atoms with E-state index in [-0.39, 0.29) is 11.6 Å². The number of ether oxygens (including phenoxy) is 3. The Balaban J connectivity index is 1.91. The molecule has 130 valence electrons. The zero-order valence-corrected chi connectivity index (χ0v) is 14.5. The second kappa shape index (κ2) is 5.76. The highest BCUT2D eigenvalue weighted by Gasteiger charge is 2.53. The van der Waals surface area contributed by atoms with Crippen LogP contribution in [0.15, 0.2) is 23.8 Å². The van der Waals surface area contributed by atoms with E-state index in [9.17, 15) is 5.11 Å². The molecule has 5 nitrogen and oxygen atoms in total. The predicted octanol–water partition coefficient (Wildman–Crippen LogP) is 1.87. The molecule has 0 amide bonds. The van der Waals surface area contributed by atoms with Crippen LogP contribution >= 0.6 is 0 Å². The van der Waals surface area contributed by atoms with E-state index in [1.807, 2.05) is 6.08 Å². The van der Waals surface area contributed by atoms with Crippen molar-refractivity contribution in [2.45, 2.75) is 37.0 Å². The molecule has 3 aliphatic rings. The lowest BCUT2D eigenvalue weighted by atomic mass is 9.70. The molecule has 1 aliphatic carbocycles. The normalized spacial score (nSPS) is 31.8. The van der Waals surface area contributed by atoms with Crippen molar-refractivity contribution >= 4 is 0 Å². The smallest absolute Gasteiger partial charge is 0.161 e. The molecule has 2 heterocycles. The zero-order valence-electron chi connectivity index (χ0n) is 14.5. The summed E-state index contributed by atoms with van der Waals surface area (Å²) in [6.45, 7) is 2.05. The molecular weight excluding hydrogens is 306 g/mol. The molecule has 1 spiro atoms. The molecule has 0 bridgehead atoms. The largest absolute Gasteiger partial charge is 0.493 e. The Hall–Kier alpha value is -1.56. The summed E-state index contributed by atoms with van der Waals surface area (Å²) in [7, 11) is 5.04. The van der Waals surface area contributed by atoms with Gasteiger partial charge in [-0.2, -0.15) is 0 Å². The van der Waals surface area contributed by atoms with Gasteiger partial charge in [0.15, 0.2) is 11.5 Å². The fraction of sp³-hybridized carbons (Fsp3) is 0.579. The van der Waals surface area contributed by atoms with Crippen LogP contribution in [0.25, 0.3) is 0 Å². The molecule has 1 aromatic carbocycles. The van der Waals surface area contributed by atoms with Crippen LogP contribution in [0.5, 0.6) is 11.5 Å². The van der Waals surface area contributed by atoms with Crippen LogP contribution in [-0.2, 0) is 16.7 Å². The van der Waals surface area contributed by atoms with E-state index in [4.69, 9.17) is 14.2 Å². The lowest BCUT2D eigenvalue weighted by Gasteiger charge is -2.49. The lowest BCUT2D eigenvalue weighted by molar-refractivity contribution is -0.0345. The molecule has 0 radical (unpaired) electrons. The van der Waals surface area contributed by atoms with Crippen molar-refractivity contribution in [1.29, 1.82) is 0 Å². The summed E-state index contributed by atoms with van der Waals surface area (Å²) in [6, 6.07) is 4.24. The Bertz CT molecular complexity index is 686. The first kappa shape index (κ1) is 15.9. The van der Waals surface area contributed by atoms with Gasteiger partial charge in [-0.15, -0.1) is 0 Å². The zero-order chi connectivity index (χ0) is 16.9. The molecule has 24 heavy (non-hydrogen) atoms. The van der Waals surface area contributed by atoms with E-state index in [2.05, 4.69) is 17.0 Å². The Labute approximate surface area is 142 Å². The van der Waals surface area contributed by atoms with Gasteiger partial charge in [-0.1, -0.05) is 6.08 Å². The maximum atomic E-state index is 10.4. The SMILES string of the molecule is COc1cc2c(cc1OC)C13CC(OC)C(O)C=C1CCN3CC2. The van der Waals surface area contributed by atoms with Crippen LogP contribution in [0, 0.1) is 0 Å². The maximum Gasteiger partial charge on any atom is 0.161 e. The van der Waals surface area contributed by atoms with Crippen molar-refractivity contribution in [3.63, 3.8) is 0 Å². The topological polar surface area (TPSA) is 51.2 Å². The molecule has 1 aromatic rings. The first-order valence-electron chi connectivity index (χ1n) is 8.56. The van der Waals surface area contributed by atoms with Gasteiger partial charge in [0, 0.05) is 26.6 Å². The first-order chi connectivity index (χ1) is 11.6. The summed E-state index contributed by atoms with van der Waals surface area (Å²) < 4.78 is 16.6. The van der Waals surface area contributed by atoms with Crippen LogP contribution in [0.3, 0.4) is 0 Å². The van der Waals surface area contributed by atoms with E-state index in [0.717, 1.165) is 43.9 Å². The monoisotopic (exact) mass is 331 g/mol. The van der Waals surface area contributed by atoms with Crippen molar-refractivity contribution in [3.8, 4) is 11.5 Å². The molecule has 1 fully saturated rings. The second-order valence-corrected chi connectivity index (χ2v) is 6.87. The average molecular weight is 331 g/mol. The highest BCUT2D eigenvalue weighted by Crippen LogP contribution is 2.54. The third kappa shape index (κ3) is 2.05. The number of benzene rings is 1. The van der Waals surface area contributed by atoms with Gasteiger partial charge < -0.3 is 19.3 Å². The van der Waals surface area contributed by atoms with Crippen molar-refractivity contribution in [1.82, 2.24) is 4.90 Å². The highest BCUT2D eigenvalue weighted by molar-refractivity contribution is 5.55. The van der Waals surface area contributed by atoms with E-state index in [1.165, 1.54) is 16.7 Å². The van der Waals surface area contributed by atoms with Crippen LogP contribution in [-0.4, -0.2) is 56.6 Å². The number of hydrogen-bond donors (Lipinski definition) is 1. The summed E-state index contributed by atoms with van der Waals surface area (Å²) in [5.74, 6) is 1.54. The average Bonchev–Trinajstić information content (AvgIpc) is 2.98. The van der Waals surface area contributed by atoms with Gasteiger partial charge in [-0.05, 0) is 41.7 Å². The lowest BCUT2D eigenvalue weighted by Crippen LogP contribution is -2.52. The molecule has 2 aliphatic heterocycles. The third-order valence-corrected chi connectivity index (χ3v) is 5.98. The summed E-state index contributed by atoms with van der Waals surface area (Å²) >= 11 is 0. The fourth-order valence-corrected chi connectivity index (χ4v) is 4.81. The van der Waals surface area contributed by atoms with E-state index in [0.29, 0.717) is 0 Å². The molecule has 3 atom stereocenters. The molecule has 5 heteroatoms. The number of hydrogen-bond acceptors (Lipinski definition) is 5. The van der Waals surface area contributed by atoms with Crippen molar-refractivity contribution < 1.29 is 19.3 Å². The van der Waals surface area contributed by atoms with Crippen molar-refractivity contribution in [2.75, 3.05) is 34.4 Å². The molecule has 1 N–H and O–H groups in total. The maximum absolute atomic E-state index is 10.4. The first-order valence-corrected chi connectivity index (χ1v) is 8.56. The number of methoxy groups -OCH3 is 3. The minimum absolute atomic E-state index is 0.174. The van der Waals surface area contributed by atoms with Gasteiger partial charge in [0.25, 0.3) is 0 Å². The second-order valence-electron chi connectivity index (χ2n) is 6.87. The Morgan fingerprint density at radius 2 is 1.79 bits per heavy atom. The molecule has 0 aromatic heterocycles. The molecule has 3 unspecified atom stereocenters. The fourth-order valence-electron chi connectivity index (χ4n) is 4.81. The van der Waals surface area contributed by atoms with Crippen LogP contribution in [0.4, 0.5) is 0 Å². The molecule has 0 saturated carbocycles. The number of rotatable bonds is 3. The minimum Gasteiger partial charge on any atom is -0.493 e. The number of nitrogens with zero attached hydrogens (tertiary/aromatic N) is 1. The summed E-state index contributed by atoms with van der Waals surface area (Å²) in [6.07, 6.45) is 4.09. The van der Waals surface area contributed by atoms with Gasteiger partial charge in [0.2, 0.25) is 0 Å². The highest BCUT2D eigenvalue weighted by atomic mass is 16.5. The Morgan fingerprint density at radius 3 is 2.50 bits per heavy atom. The van der Waals surface area contributed by atoms with Crippen molar-refractivity contribution in [2.24, 2.45) is 0 Å². The summed E-state index contributed by atoms with van der Waals surface area (Å²) in [5, 5.41) is 10.4. The van der Waals surface area contributed by atoms with Gasteiger partial charge >= 0.3 is 0 Å². The van der Waals surface area contributed by atoms with E-state index < -0.39 is 6.10 Å². The molecule has 4 rings (SSSR count). The number of aliphatic hydroxyl groups is 1. The summed E-state index contributed by atoms with van der Waals surface area (Å²) in [4.78, 5) is 2.55. The number of aliphatic hydroxyl groups excluding tert-OH is 1. The van der Waals surface area contributed by atoms with Gasteiger partial charge in [0.1, 0.15) is 0 Å². The van der Waals surface area contributed by atoms with Gasteiger partial charge in [-0.3, -0.25) is 4.90 Å². The third-order valence-electron chi connectivity index (χ3n) is 5.98. The van der Waals surface area contributed by atoms with Gasteiger partial charge in [0.05, 0.1) is 32.0 Å². The van der Waals surface area contributed by atoms with Crippen molar-refractivity contribution in [3.05, 3.63) is 34.9 Å². The van der Waals surface area contributed by atoms with Gasteiger partial charge in [-0.25, -0.2) is 0 Å². The Morgan fingerprint density at radius 1 is 1.08 bits per heavy atom.